The zero-order chi connectivity index (χ0) is 16.4. The van der Waals surface area contributed by atoms with Gasteiger partial charge in [-0.25, -0.2) is 4.98 Å². The van der Waals surface area contributed by atoms with Crippen LogP contribution in [0.4, 0.5) is 13.2 Å². The molecule has 4 nitrogen and oxygen atoms in total. The number of hydrogen-bond donors (Lipinski definition) is 0. The molecule has 1 aromatic carbocycles. The normalized spacial score (nSPS) is 11.6. The zero-order valence-electron chi connectivity index (χ0n) is 11.7. The average molecular weight is 320 g/mol. The van der Waals surface area contributed by atoms with Gasteiger partial charge in [-0.15, -0.1) is 0 Å². The SMILES string of the molecule is O=Cc1ccc(OCc2cn3cc(C(F)(F)F)ccc3n2)cc1. The Bertz CT molecular complexity index is 839. The number of benzene rings is 1. The molecule has 0 N–H and O–H groups in total. The predicted octanol–water partition coefficient (Wildman–Crippen LogP) is 3.74. The van der Waals surface area contributed by atoms with Crippen LogP contribution in [0.25, 0.3) is 5.65 Å². The average Bonchev–Trinajstić information content (AvgIpc) is 2.94. The van der Waals surface area contributed by atoms with Crippen LogP contribution in [0.2, 0.25) is 0 Å². The molecule has 0 fully saturated rings. The van der Waals surface area contributed by atoms with Gasteiger partial charge in [-0.3, -0.25) is 4.79 Å². The van der Waals surface area contributed by atoms with Crippen molar-refractivity contribution in [3.63, 3.8) is 0 Å². The highest BCUT2D eigenvalue weighted by Crippen LogP contribution is 2.29. The molecule has 0 aliphatic carbocycles. The summed E-state index contributed by atoms with van der Waals surface area (Å²) < 4.78 is 44.8. The minimum atomic E-state index is -4.39. The van der Waals surface area contributed by atoms with Crippen LogP contribution in [0.5, 0.6) is 5.75 Å². The van der Waals surface area contributed by atoms with Gasteiger partial charge >= 0.3 is 6.18 Å². The van der Waals surface area contributed by atoms with E-state index >= 15 is 0 Å². The number of carbonyl (C=O) groups is 1. The fraction of sp³-hybridized carbons (Fsp3) is 0.125. The molecular weight excluding hydrogens is 309 g/mol. The first kappa shape index (κ1) is 15.1. The van der Waals surface area contributed by atoms with Gasteiger partial charge in [0.05, 0.1) is 11.3 Å². The maximum Gasteiger partial charge on any atom is 0.417 e. The quantitative estimate of drug-likeness (QED) is 0.688. The lowest BCUT2D eigenvalue weighted by molar-refractivity contribution is -0.137. The number of nitrogens with zero attached hydrogens (tertiary/aromatic N) is 2. The minimum absolute atomic E-state index is 0.115. The van der Waals surface area contributed by atoms with Crippen LogP contribution in [0.15, 0.2) is 48.8 Å². The summed E-state index contributed by atoms with van der Waals surface area (Å²) in [6, 6.07) is 8.81. The van der Waals surface area contributed by atoms with Gasteiger partial charge in [0.25, 0.3) is 0 Å². The van der Waals surface area contributed by atoms with Crippen molar-refractivity contribution < 1.29 is 22.7 Å². The maximum absolute atomic E-state index is 12.7. The number of aldehydes is 1. The van der Waals surface area contributed by atoms with Crippen molar-refractivity contribution in [3.05, 3.63) is 65.6 Å². The number of aromatic nitrogens is 2. The molecule has 0 spiro atoms. The summed E-state index contributed by atoms with van der Waals surface area (Å²) in [5.41, 5.74) is 0.709. The predicted molar refractivity (Wildman–Crippen MR) is 76.4 cm³/mol. The molecule has 3 rings (SSSR count). The molecule has 7 heteroatoms. The molecule has 0 unspecified atom stereocenters. The Morgan fingerprint density at radius 3 is 2.48 bits per heavy atom. The summed E-state index contributed by atoms with van der Waals surface area (Å²) in [6.45, 7) is 0.115. The van der Waals surface area contributed by atoms with E-state index in [0.717, 1.165) is 18.5 Å². The van der Waals surface area contributed by atoms with Crippen molar-refractivity contribution in [2.75, 3.05) is 0 Å². The Morgan fingerprint density at radius 1 is 1.09 bits per heavy atom. The van der Waals surface area contributed by atoms with Gasteiger partial charge in [-0.2, -0.15) is 13.2 Å². The van der Waals surface area contributed by atoms with E-state index in [1.807, 2.05) is 0 Å². The van der Waals surface area contributed by atoms with Gasteiger partial charge in [0.1, 0.15) is 24.3 Å². The molecule has 2 aromatic heterocycles. The zero-order valence-corrected chi connectivity index (χ0v) is 11.7. The van der Waals surface area contributed by atoms with E-state index in [9.17, 15) is 18.0 Å². The number of halogens is 3. The van der Waals surface area contributed by atoms with E-state index in [0.29, 0.717) is 22.7 Å². The van der Waals surface area contributed by atoms with Gasteiger partial charge in [0.15, 0.2) is 0 Å². The number of pyridine rings is 1. The fourth-order valence-corrected chi connectivity index (χ4v) is 2.08. The number of carbonyl (C=O) groups excluding carboxylic acids is 1. The molecule has 0 saturated carbocycles. The Kier molecular flexibility index (Phi) is 3.77. The van der Waals surface area contributed by atoms with E-state index in [-0.39, 0.29) is 6.61 Å². The maximum atomic E-state index is 12.7. The van der Waals surface area contributed by atoms with Crippen LogP contribution in [-0.2, 0) is 12.8 Å². The third kappa shape index (κ3) is 3.33. The van der Waals surface area contributed by atoms with Crippen molar-refractivity contribution in [1.82, 2.24) is 9.38 Å². The topological polar surface area (TPSA) is 43.6 Å². The Morgan fingerprint density at radius 2 is 1.83 bits per heavy atom. The lowest BCUT2D eigenvalue weighted by atomic mass is 10.2. The van der Waals surface area contributed by atoms with Crippen molar-refractivity contribution in [2.24, 2.45) is 0 Å². The third-order valence-electron chi connectivity index (χ3n) is 3.23. The first-order chi connectivity index (χ1) is 11.0. The lowest BCUT2D eigenvalue weighted by Gasteiger charge is -2.05. The first-order valence-electron chi connectivity index (χ1n) is 6.68. The third-order valence-corrected chi connectivity index (χ3v) is 3.23. The molecule has 0 amide bonds. The molecule has 0 atom stereocenters. The second kappa shape index (κ2) is 5.75. The van der Waals surface area contributed by atoms with Crippen molar-refractivity contribution in [2.45, 2.75) is 12.8 Å². The number of rotatable bonds is 4. The summed E-state index contributed by atoms with van der Waals surface area (Å²) in [7, 11) is 0. The Balaban J connectivity index is 1.76. The summed E-state index contributed by atoms with van der Waals surface area (Å²) in [4.78, 5) is 14.8. The lowest BCUT2D eigenvalue weighted by Crippen LogP contribution is -2.05. The van der Waals surface area contributed by atoms with Gasteiger partial charge in [0.2, 0.25) is 0 Å². The smallest absolute Gasteiger partial charge is 0.417 e. The summed E-state index contributed by atoms with van der Waals surface area (Å²) >= 11 is 0. The van der Waals surface area contributed by atoms with Crippen LogP contribution in [-0.4, -0.2) is 15.7 Å². The summed E-state index contributed by atoms with van der Waals surface area (Å²) in [6.07, 6.45) is -1.19. The van der Waals surface area contributed by atoms with E-state index in [2.05, 4.69) is 4.98 Å². The van der Waals surface area contributed by atoms with E-state index in [1.54, 1.807) is 24.3 Å². The largest absolute Gasteiger partial charge is 0.487 e. The van der Waals surface area contributed by atoms with Gasteiger partial charge in [-0.05, 0) is 36.4 Å². The molecule has 118 valence electrons. The molecule has 23 heavy (non-hydrogen) atoms. The second-order valence-electron chi connectivity index (χ2n) is 4.89. The van der Waals surface area contributed by atoms with E-state index < -0.39 is 11.7 Å². The Hall–Kier alpha value is -2.83. The molecular formula is C16H11F3N2O2. The molecule has 3 aromatic rings. The highest BCUT2D eigenvalue weighted by Gasteiger charge is 2.30. The van der Waals surface area contributed by atoms with E-state index in [4.69, 9.17) is 4.74 Å². The number of fused-ring (bicyclic) bond motifs is 1. The summed E-state index contributed by atoms with van der Waals surface area (Å²) in [5, 5.41) is 0. The minimum Gasteiger partial charge on any atom is -0.487 e. The van der Waals surface area contributed by atoms with E-state index in [1.165, 1.54) is 16.7 Å². The molecule has 0 saturated heterocycles. The summed E-state index contributed by atoms with van der Waals surface area (Å²) in [5.74, 6) is 0.545. The first-order valence-corrected chi connectivity index (χ1v) is 6.68. The van der Waals surface area contributed by atoms with Gasteiger partial charge in [0, 0.05) is 18.0 Å². The molecule has 0 aliphatic heterocycles. The van der Waals surface area contributed by atoms with Crippen LogP contribution in [0.3, 0.4) is 0 Å². The molecule has 0 radical (unpaired) electrons. The molecule has 0 aliphatic rings. The molecule has 0 bridgehead atoms. The second-order valence-corrected chi connectivity index (χ2v) is 4.89. The number of ether oxygens (including phenoxy) is 1. The van der Waals surface area contributed by atoms with Crippen molar-refractivity contribution in [3.8, 4) is 5.75 Å². The highest BCUT2D eigenvalue weighted by atomic mass is 19.4. The Labute approximate surface area is 129 Å². The number of imidazole rings is 1. The van der Waals surface area contributed by atoms with Crippen molar-refractivity contribution >= 4 is 11.9 Å². The standard InChI is InChI=1S/C16H11F3N2O2/c17-16(18,19)12-3-6-15-20-13(8-21(15)7-12)10-23-14-4-1-11(9-22)2-5-14/h1-9H,10H2. The van der Waals surface area contributed by atoms with Crippen LogP contribution in [0.1, 0.15) is 21.6 Å². The molecule has 2 heterocycles. The van der Waals surface area contributed by atoms with Crippen LogP contribution in [0, 0.1) is 0 Å². The van der Waals surface area contributed by atoms with Crippen molar-refractivity contribution in [1.29, 1.82) is 0 Å². The highest BCUT2D eigenvalue weighted by molar-refractivity contribution is 5.74. The van der Waals surface area contributed by atoms with Crippen LogP contribution < -0.4 is 4.74 Å². The van der Waals surface area contributed by atoms with Gasteiger partial charge < -0.3 is 9.14 Å². The number of alkyl halides is 3. The van der Waals surface area contributed by atoms with Gasteiger partial charge in [-0.1, -0.05) is 0 Å². The van der Waals surface area contributed by atoms with Crippen LogP contribution >= 0.6 is 0 Å². The fourth-order valence-electron chi connectivity index (χ4n) is 2.08. The number of hydrogen-bond acceptors (Lipinski definition) is 3. The monoisotopic (exact) mass is 320 g/mol.